The van der Waals surface area contributed by atoms with E-state index in [0.29, 0.717) is 12.2 Å². The molecule has 144 valence electrons. The van der Waals surface area contributed by atoms with E-state index in [1.165, 1.54) is 0 Å². The first-order chi connectivity index (χ1) is 13.0. The lowest BCUT2D eigenvalue weighted by molar-refractivity contribution is -0.129. The minimum absolute atomic E-state index is 0.178. The van der Waals surface area contributed by atoms with Crippen molar-refractivity contribution in [2.24, 2.45) is 0 Å². The van der Waals surface area contributed by atoms with Crippen LogP contribution in [0.15, 0.2) is 30.3 Å². The van der Waals surface area contributed by atoms with Crippen molar-refractivity contribution in [1.29, 1.82) is 0 Å². The maximum atomic E-state index is 12.6. The van der Waals surface area contributed by atoms with Gasteiger partial charge in [0.2, 0.25) is 0 Å². The van der Waals surface area contributed by atoms with Gasteiger partial charge in [-0.3, -0.25) is 4.79 Å². The summed E-state index contributed by atoms with van der Waals surface area (Å²) in [7, 11) is 0. The highest BCUT2D eigenvalue weighted by Gasteiger charge is 2.27. The number of carbonyl (C=O) groups excluding carboxylic acids is 2. The summed E-state index contributed by atoms with van der Waals surface area (Å²) < 4.78 is 6.91. The van der Waals surface area contributed by atoms with E-state index in [0.717, 1.165) is 31.2 Å². The second-order valence-electron chi connectivity index (χ2n) is 6.93. The molecule has 1 aromatic carbocycles. The van der Waals surface area contributed by atoms with Crippen LogP contribution < -0.4 is 5.32 Å². The normalized spacial score (nSPS) is 15.5. The Kier molecular flexibility index (Phi) is 6.16. The van der Waals surface area contributed by atoms with E-state index in [9.17, 15) is 9.59 Å². The quantitative estimate of drug-likeness (QED) is 0.767. The van der Waals surface area contributed by atoms with Gasteiger partial charge in [0, 0.05) is 6.04 Å². The summed E-state index contributed by atoms with van der Waals surface area (Å²) in [5.74, 6) is -0.911. The van der Waals surface area contributed by atoms with E-state index in [1.807, 2.05) is 30.3 Å². The highest BCUT2D eigenvalue weighted by molar-refractivity contribution is 6.32. The van der Waals surface area contributed by atoms with E-state index in [2.05, 4.69) is 10.4 Å². The summed E-state index contributed by atoms with van der Waals surface area (Å²) in [4.78, 5) is 24.8. The average Bonchev–Trinajstić information content (AvgIpc) is 3.24. The molecule has 1 aliphatic carbocycles. The minimum atomic E-state index is -0.883. The van der Waals surface area contributed by atoms with E-state index in [1.54, 1.807) is 18.5 Å². The SMILES string of the molecule is Cc1nn(Cc2ccccc2)c(Cl)c1C(=O)O[C@H](C)C(=O)NC1CCCC1. The van der Waals surface area contributed by atoms with Crippen LogP contribution in [0, 0.1) is 6.92 Å². The van der Waals surface area contributed by atoms with Gasteiger partial charge in [-0.2, -0.15) is 5.10 Å². The summed E-state index contributed by atoms with van der Waals surface area (Å²) in [5.41, 5.74) is 1.70. The largest absolute Gasteiger partial charge is 0.449 e. The summed E-state index contributed by atoms with van der Waals surface area (Å²) in [6.07, 6.45) is 3.31. The first kappa shape index (κ1) is 19.4. The number of benzene rings is 1. The maximum absolute atomic E-state index is 12.6. The number of hydrogen-bond donors (Lipinski definition) is 1. The molecule has 2 aromatic rings. The van der Waals surface area contributed by atoms with Crippen LogP contribution in [0.1, 0.15) is 54.2 Å². The molecule has 1 aliphatic rings. The molecule has 0 radical (unpaired) electrons. The molecule has 0 spiro atoms. The molecule has 1 amide bonds. The smallest absolute Gasteiger partial charge is 0.343 e. The molecule has 0 bridgehead atoms. The second-order valence-corrected chi connectivity index (χ2v) is 7.29. The number of carbonyl (C=O) groups is 2. The van der Waals surface area contributed by atoms with Crippen molar-refractivity contribution in [3.8, 4) is 0 Å². The molecule has 1 N–H and O–H groups in total. The Morgan fingerprint density at radius 2 is 1.96 bits per heavy atom. The molecular formula is C20H24ClN3O3. The monoisotopic (exact) mass is 389 g/mol. The topological polar surface area (TPSA) is 73.2 Å². The number of aryl methyl sites for hydroxylation is 1. The van der Waals surface area contributed by atoms with Crippen molar-refractivity contribution >= 4 is 23.5 Å². The number of aromatic nitrogens is 2. The first-order valence-electron chi connectivity index (χ1n) is 9.24. The van der Waals surface area contributed by atoms with E-state index >= 15 is 0 Å². The van der Waals surface area contributed by atoms with E-state index in [4.69, 9.17) is 16.3 Å². The van der Waals surface area contributed by atoms with E-state index in [-0.39, 0.29) is 22.7 Å². The van der Waals surface area contributed by atoms with Gasteiger partial charge in [-0.1, -0.05) is 54.8 Å². The first-order valence-corrected chi connectivity index (χ1v) is 9.61. The highest BCUT2D eigenvalue weighted by Crippen LogP contribution is 2.23. The van der Waals surface area contributed by atoms with Crippen molar-refractivity contribution in [3.63, 3.8) is 0 Å². The second kappa shape index (κ2) is 8.57. The lowest BCUT2D eigenvalue weighted by Crippen LogP contribution is -2.40. The molecule has 27 heavy (non-hydrogen) atoms. The lowest BCUT2D eigenvalue weighted by atomic mass is 10.2. The molecule has 1 heterocycles. The van der Waals surface area contributed by atoms with Crippen LogP contribution in [-0.4, -0.2) is 33.8 Å². The number of halogens is 1. The third kappa shape index (κ3) is 4.69. The minimum Gasteiger partial charge on any atom is -0.449 e. The van der Waals surface area contributed by atoms with Crippen LogP contribution in [0.25, 0.3) is 0 Å². The Morgan fingerprint density at radius 1 is 1.30 bits per heavy atom. The fourth-order valence-electron chi connectivity index (χ4n) is 3.31. The van der Waals surface area contributed by atoms with Gasteiger partial charge in [0.15, 0.2) is 6.10 Å². The van der Waals surface area contributed by atoms with Gasteiger partial charge in [-0.15, -0.1) is 0 Å². The Labute approximate surface area is 163 Å². The van der Waals surface area contributed by atoms with Crippen molar-refractivity contribution in [2.75, 3.05) is 0 Å². The van der Waals surface area contributed by atoms with Crippen LogP contribution in [0.5, 0.6) is 0 Å². The standard InChI is InChI=1S/C20H24ClN3O3/c1-13-17(18(21)24(23-13)12-15-8-4-3-5-9-15)20(26)27-14(2)19(25)22-16-10-6-7-11-16/h3-5,8-9,14,16H,6-7,10-12H2,1-2H3,(H,22,25)/t14-/m1/s1. The number of hydrogen-bond acceptors (Lipinski definition) is 4. The zero-order chi connectivity index (χ0) is 19.4. The molecule has 0 saturated heterocycles. The van der Waals surface area contributed by atoms with Crippen molar-refractivity contribution in [2.45, 2.75) is 58.2 Å². The van der Waals surface area contributed by atoms with Gasteiger partial charge in [-0.25, -0.2) is 9.48 Å². The Bertz CT molecular complexity index is 813. The molecule has 3 rings (SSSR count). The predicted molar refractivity (Wildman–Crippen MR) is 103 cm³/mol. The third-order valence-corrected chi connectivity index (χ3v) is 5.18. The zero-order valence-electron chi connectivity index (χ0n) is 15.6. The molecule has 1 fully saturated rings. The summed E-state index contributed by atoms with van der Waals surface area (Å²) in [6.45, 7) is 3.72. The van der Waals surface area contributed by atoms with E-state index < -0.39 is 12.1 Å². The summed E-state index contributed by atoms with van der Waals surface area (Å²) >= 11 is 6.37. The highest BCUT2D eigenvalue weighted by atomic mass is 35.5. The van der Waals surface area contributed by atoms with Crippen molar-refractivity contribution < 1.29 is 14.3 Å². The van der Waals surface area contributed by atoms with Crippen LogP contribution in [0.2, 0.25) is 5.15 Å². The Hall–Kier alpha value is -2.34. The molecule has 1 aromatic heterocycles. The average molecular weight is 390 g/mol. The number of nitrogens with one attached hydrogen (secondary N) is 1. The maximum Gasteiger partial charge on any atom is 0.343 e. The Morgan fingerprint density at radius 3 is 2.63 bits per heavy atom. The fraction of sp³-hybridized carbons (Fsp3) is 0.450. The predicted octanol–water partition coefficient (Wildman–Crippen LogP) is 3.50. The summed E-state index contributed by atoms with van der Waals surface area (Å²) in [5, 5.41) is 7.49. The van der Waals surface area contributed by atoms with Gasteiger partial charge in [0.1, 0.15) is 10.7 Å². The van der Waals surface area contributed by atoms with Crippen LogP contribution in [0.3, 0.4) is 0 Å². The lowest BCUT2D eigenvalue weighted by Gasteiger charge is -2.17. The number of amides is 1. The van der Waals surface area contributed by atoms with Crippen LogP contribution in [0.4, 0.5) is 0 Å². The number of esters is 1. The number of ether oxygens (including phenoxy) is 1. The zero-order valence-corrected chi connectivity index (χ0v) is 16.3. The molecule has 6 nitrogen and oxygen atoms in total. The molecule has 7 heteroatoms. The van der Waals surface area contributed by atoms with Crippen LogP contribution >= 0.6 is 11.6 Å². The van der Waals surface area contributed by atoms with Gasteiger partial charge >= 0.3 is 5.97 Å². The number of rotatable bonds is 6. The fourth-order valence-corrected chi connectivity index (χ4v) is 3.62. The van der Waals surface area contributed by atoms with Gasteiger partial charge in [0.05, 0.1) is 12.2 Å². The van der Waals surface area contributed by atoms with Gasteiger partial charge in [0.25, 0.3) is 5.91 Å². The molecule has 0 aliphatic heterocycles. The van der Waals surface area contributed by atoms with Crippen molar-refractivity contribution in [3.05, 3.63) is 52.3 Å². The van der Waals surface area contributed by atoms with Gasteiger partial charge in [-0.05, 0) is 32.3 Å². The van der Waals surface area contributed by atoms with Crippen molar-refractivity contribution in [1.82, 2.24) is 15.1 Å². The molecule has 0 unspecified atom stereocenters. The summed E-state index contributed by atoms with van der Waals surface area (Å²) in [6, 6.07) is 9.89. The molecular weight excluding hydrogens is 366 g/mol. The number of nitrogens with zero attached hydrogens (tertiary/aromatic N) is 2. The van der Waals surface area contributed by atoms with Gasteiger partial charge < -0.3 is 10.1 Å². The Balaban J connectivity index is 1.66. The van der Waals surface area contributed by atoms with Crippen LogP contribution in [-0.2, 0) is 16.1 Å². The molecule has 1 saturated carbocycles. The third-order valence-electron chi connectivity index (χ3n) is 4.80. The molecule has 1 atom stereocenters.